The number of para-hydroxylation sites is 2. The Morgan fingerprint density at radius 1 is 0.867 bits per heavy atom. The first-order valence-electron chi connectivity index (χ1n) is 9.42. The fourth-order valence-corrected chi connectivity index (χ4v) is 5.44. The molecule has 5 nitrogen and oxygen atoms in total. The van der Waals surface area contributed by atoms with Gasteiger partial charge >= 0.3 is 7.82 Å². The molecule has 0 saturated carbocycles. The molecule has 0 amide bonds. The quantitative estimate of drug-likeness (QED) is 0.295. The minimum absolute atomic E-state index is 0.189. The number of fused-ring (bicyclic) bond motifs is 2. The van der Waals surface area contributed by atoms with Gasteiger partial charge < -0.3 is 9.42 Å². The minimum atomic E-state index is -4.79. The monoisotopic (exact) mass is 439 g/mol. The Balaban J connectivity index is 2.02. The van der Waals surface area contributed by atoms with Crippen LogP contribution in [0.15, 0.2) is 76.7 Å². The van der Waals surface area contributed by atoms with Crippen LogP contribution in [-0.4, -0.2) is 16.8 Å². The number of anilines is 2. The highest BCUT2D eigenvalue weighted by molar-refractivity contribution is 8.03. The Morgan fingerprint density at radius 3 is 1.87 bits per heavy atom. The zero-order valence-corrected chi connectivity index (χ0v) is 18.6. The Hall–Kier alpha value is -2.50. The molecule has 0 spiro atoms. The number of hydrogen-bond acceptors (Lipinski definition) is 4. The van der Waals surface area contributed by atoms with Crippen molar-refractivity contribution in [3.8, 4) is 0 Å². The maximum Gasteiger partial charge on any atom is 0.525 e. The number of rotatable bonds is 4. The summed E-state index contributed by atoms with van der Waals surface area (Å²) in [6.45, 7) is 3.96. The zero-order chi connectivity index (χ0) is 21.5. The number of benzene rings is 3. The van der Waals surface area contributed by atoms with Gasteiger partial charge in [0.05, 0.1) is 0 Å². The van der Waals surface area contributed by atoms with Gasteiger partial charge in [0.15, 0.2) is 5.09 Å². The fraction of sp³-hybridized carbons (Fsp3) is 0.130. The van der Waals surface area contributed by atoms with E-state index in [1.165, 1.54) is 11.8 Å². The number of phosphoric ester groups is 1. The second-order valence-electron chi connectivity index (χ2n) is 7.16. The van der Waals surface area contributed by atoms with E-state index in [1.54, 1.807) is 0 Å². The molecule has 1 aliphatic heterocycles. The Bertz CT molecular complexity index is 1130. The number of aryl methyl sites for hydroxylation is 2. The summed E-state index contributed by atoms with van der Waals surface area (Å²) in [5, 5.41) is 0.189. The summed E-state index contributed by atoms with van der Waals surface area (Å²) in [4.78, 5) is 22.4. The first-order valence-corrected chi connectivity index (χ1v) is 11.8. The summed E-state index contributed by atoms with van der Waals surface area (Å²) < 4.78 is 17.3. The fourth-order valence-electron chi connectivity index (χ4n) is 3.73. The van der Waals surface area contributed by atoms with Crippen LogP contribution in [-0.2, 0) is 9.09 Å². The first kappa shape index (κ1) is 20.8. The summed E-state index contributed by atoms with van der Waals surface area (Å²) in [5.41, 5.74) is 6.32. The summed E-state index contributed by atoms with van der Waals surface area (Å²) in [6, 6.07) is 21.5. The van der Waals surface area contributed by atoms with E-state index in [1.807, 2.05) is 87.6 Å². The third kappa shape index (κ3) is 3.92. The molecule has 30 heavy (non-hydrogen) atoms. The lowest BCUT2D eigenvalue weighted by Gasteiger charge is -2.32. The molecule has 0 unspecified atom stereocenters. The second kappa shape index (κ2) is 7.97. The highest BCUT2D eigenvalue weighted by Crippen LogP contribution is 2.53. The van der Waals surface area contributed by atoms with E-state index in [0.29, 0.717) is 5.57 Å². The molecule has 3 aromatic rings. The van der Waals surface area contributed by atoms with Gasteiger partial charge in [0.2, 0.25) is 0 Å². The van der Waals surface area contributed by atoms with Gasteiger partial charge in [-0.1, -0.05) is 66.4 Å². The average molecular weight is 439 g/mol. The first-order chi connectivity index (χ1) is 14.3. The Kier molecular flexibility index (Phi) is 5.51. The van der Waals surface area contributed by atoms with Crippen molar-refractivity contribution < 1.29 is 18.9 Å². The lowest BCUT2D eigenvalue weighted by atomic mass is 9.91. The molecule has 4 rings (SSSR count). The second-order valence-corrected chi connectivity index (χ2v) is 9.31. The molecule has 1 aliphatic rings. The predicted molar refractivity (Wildman–Crippen MR) is 122 cm³/mol. The van der Waals surface area contributed by atoms with Crippen molar-refractivity contribution in [3.05, 3.63) is 94.1 Å². The highest BCUT2D eigenvalue weighted by atomic mass is 32.2. The average Bonchev–Trinajstić information content (AvgIpc) is 2.70. The van der Waals surface area contributed by atoms with Crippen molar-refractivity contribution in [1.82, 2.24) is 0 Å². The van der Waals surface area contributed by atoms with Crippen molar-refractivity contribution in [2.75, 3.05) is 11.9 Å². The van der Waals surface area contributed by atoms with Crippen LogP contribution < -0.4 is 4.90 Å². The molecule has 154 valence electrons. The van der Waals surface area contributed by atoms with Crippen LogP contribution in [0.1, 0.15) is 22.3 Å². The third-order valence-corrected chi connectivity index (χ3v) is 6.94. The van der Waals surface area contributed by atoms with Crippen LogP contribution in [0, 0.1) is 13.8 Å². The normalized spacial score (nSPS) is 13.0. The van der Waals surface area contributed by atoms with Gasteiger partial charge in [0, 0.05) is 40.0 Å². The minimum Gasteiger partial charge on any atom is -0.396 e. The van der Waals surface area contributed by atoms with E-state index in [2.05, 4.69) is 4.90 Å². The molecule has 0 atom stereocenters. The maximum absolute atomic E-state index is 11.9. The predicted octanol–water partition coefficient (Wildman–Crippen LogP) is 6.00. The van der Waals surface area contributed by atoms with E-state index in [4.69, 9.17) is 4.52 Å². The molecule has 0 radical (unpaired) electrons. The van der Waals surface area contributed by atoms with E-state index in [9.17, 15) is 14.4 Å². The summed E-state index contributed by atoms with van der Waals surface area (Å²) in [6.07, 6.45) is 0. The summed E-state index contributed by atoms with van der Waals surface area (Å²) in [7, 11) is -2.80. The Morgan fingerprint density at radius 2 is 1.37 bits per heavy atom. The van der Waals surface area contributed by atoms with Crippen molar-refractivity contribution in [3.63, 3.8) is 0 Å². The highest BCUT2D eigenvalue weighted by Gasteiger charge is 2.30. The lowest BCUT2D eigenvalue weighted by Crippen LogP contribution is -2.18. The molecule has 0 saturated heterocycles. The summed E-state index contributed by atoms with van der Waals surface area (Å²) >= 11 is 1.25. The van der Waals surface area contributed by atoms with Gasteiger partial charge in [-0.15, -0.1) is 0 Å². The molecule has 0 bridgehead atoms. The number of thioether (sulfide) groups is 1. The number of nitrogens with zero attached hydrogens (tertiary/aromatic N) is 1. The van der Waals surface area contributed by atoms with Crippen LogP contribution in [0.3, 0.4) is 0 Å². The molecular weight excluding hydrogens is 417 g/mol. The van der Waals surface area contributed by atoms with Crippen molar-refractivity contribution in [2.24, 2.45) is 0 Å². The molecule has 0 aromatic heterocycles. The van der Waals surface area contributed by atoms with E-state index >= 15 is 0 Å². The molecule has 0 fully saturated rings. The van der Waals surface area contributed by atoms with Crippen molar-refractivity contribution >= 4 is 36.5 Å². The molecule has 1 heterocycles. The van der Waals surface area contributed by atoms with Gasteiger partial charge in [-0.05, 0) is 37.1 Å². The lowest BCUT2D eigenvalue weighted by molar-refractivity contribution is 0.255. The molecular formula is C23H22NO4PS. The SMILES string of the molecule is Cc1cccc(C)c1SC(OP(=O)(O)O)=C1c2ccccc2N(C)c2ccccc21. The molecule has 0 aliphatic carbocycles. The maximum atomic E-state index is 11.9. The smallest absolute Gasteiger partial charge is 0.396 e. The van der Waals surface area contributed by atoms with Gasteiger partial charge in [-0.2, -0.15) is 0 Å². The van der Waals surface area contributed by atoms with Crippen LogP contribution in [0.25, 0.3) is 5.57 Å². The largest absolute Gasteiger partial charge is 0.525 e. The third-order valence-electron chi connectivity index (χ3n) is 5.08. The van der Waals surface area contributed by atoms with Crippen molar-refractivity contribution in [2.45, 2.75) is 18.7 Å². The van der Waals surface area contributed by atoms with E-state index in [-0.39, 0.29) is 5.09 Å². The van der Waals surface area contributed by atoms with Gasteiger partial charge in [0.1, 0.15) is 0 Å². The van der Waals surface area contributed by atoms with Crippen LogP contribution in [0.5, 0.6) is 0 Å². The van der Waals surface area contributed by atoms with Crippen LogP contribution in [0.2, 0.25) is 0 Å². The molecule has 7 heteroatoms. The van der Waals surface area contributed by atoms with Crippen molar-refractivity contribution in [1.29, 1.82) is 0 Å². The number of phosphoric acid groups is 1. The summed E-state index contributed by atoms with van der Waals surface area (Å²) in [5.74, 6) is 0. The Labute approximate surface area is 180 Å². The van der Waals surface area contributed by atoms with Gasteiger partial charge in [-0.25, -0.2) is 4.57 Å². The standard InChI is InChI=1S/C23H22NO4PS/c1-15-9-8-10-16(2)22(15)30-23(28-29(25,26)27)21-17-11-4-6-13-19(17)24(3)20-14-7-5-12-18(20)21/h4-14H,1-3H3,(H2,25,26,27). The van der Waals surface area contributed by atoms with Gasteiger partial charge in [-0.3, -0.25) is 9.79 Å². The van der Waals surface area contributed by atoms with E-state index in [0.717, 1.165) is 38.5 Å². The van der Waals surface area contributed by atoms with Gasteiger partial charge in [0.25, 0.3) is 0 Å². The molecule has 3 aromatic carbocycles. The van der Waals surface area contributed by atoms with Crippen LogP contribution >= 0.6 is 19.6 Å². The van der Waals surface area contributed by atoms with E-state index < -0.39 is 7.82 Å². The zero-order valence-electron chi connectivity index (χ0n) is 16.9. The van der Waals surface area contributed by atoms with Crippen LogP contribution in [0.4, 0.5) is 11.4 Å². The number of hydrogen-bond donors (Lipinski definition) is 2. The molecule has 2 N–H and O–H groups in total. The topological polar surface area (TPSA) is 70.0 Å².